The van der Waals surface area contributed by atoms with E-state index in [1.54, 1.807) is 42.5 Å². The van der Waals surface area contributed by atoms with Gasteiger partial charge < -0.3 is 25.4 Å². The fraction of sp³-hybridized carbons (Fsp3) is 0.296. The zero-order valence-corrected chi connectivity index (χ0v) is 19.0. The van der Waals surface area contributed by atoms with E-state index in [1.807, 2.05) is 26.0 Å². The third-order valence-electron chi connectivity index (χ3n) is 5.55. The van der Waals surface area contributed by atoms with E-state index in [2.05, 4.69) is 17.4 Å². The Morgan fingerprint density at radius 2 is 1.67 bits per heavy atom. The highest BCUT2D eigenvalue weighted by Crippen LogP contribution is 2.28. The topological polar surface area (TPSA) is 99.0 Å². The molecule has 0 radical (unpaired) electrons. The number of carboxylic acids is 1. The number of benzene rings is 3. The summed E-state index contributed by atoms with van der Waals surface area (Å²) in [5, 5.41) is 32.6. The fourth-order valence-electron chi connectivity index (χ4n) is 3.59. The molecule has 0 saturated carbocycles. The van der Waals surface area contributed by atoms with E-state index in [4.69, 9.17) is 4.74 Å². The normalized spacial score (nSPS) is 12.8. The van der Waals surface area contributed by atoms with Gasteiger partial charge in [-0.25, -0.2) is 4.79 Å². The Labute approximate surface area is 194 Å². The van der Waals surface area contributed by atoms with Crippen molar-refractivity contribution in [2.24, 2.45) is 0 Å². The fourth-order valence-corrected chi connectivity index (χ4v) is 3.59. The summed E-state index contributed by atoms with van der Waals surface area (Å²) in [6.45, 7) is 5.08. The lowest BCUT2D eigenvalue weighted by Crippen LogP contribution is -2.33. The van der Waals surface area contributed by atoms with E-state index in [1.165, 1.54) is 0 Å². The Morgan fingerprint density at radius 1 is 1.00 bits per heavy atom. The number of phenolic OH excluding ortho intramolecular Hbond substituents is 1. The molecule has 0 bridgehead atoms. The predicted octanol–water partition coefficient (Wildman–Crippen LogP) is 4.80. The molecule has 0 unspecified atom stereocenters. The summed E-state index contributed by atoms with van der Waals surface area (Å²) in [4.78, 5) is 11.5. The van der Waals surface area contributed by atoms with E-state index in [0.717, 1.165) is 35.1 Å². The summed E-state index contributed by atoms with van der Waals surface area (Å²) in [6.07, 6.45) is 0.942. The van der Waals surface area contributed by atoms with Gasteiger partial charge in [0.1, 0.15) is 17.1 Å². The molecule has 0 aliphatic rings. The first-order valence-corrected chi connectivity index (χ1v) is 11.2. The number of aromatic hydroxyl groups is 1. The van der Waals surface area contributed by atoms with Crippen molar-refractivity contribution < 1.29 is 24.9 Å². The average molecular weight is 450 g/mol. The summed E-state index contributed by atoms with van der Waals surface area (Å²) < 4.78 is 5.64. The molecule has 0 aliphatic heterocycles. The Morgan fingerprint density at radius 3 is 2.30 bits per heavy atom. The maximum absolute atomic E-state index is 11.5. The lowest BCUT2D eigenvalue weighted by atomic mass is 10.0. The van der Waals surface area contributed by atoms with Crippen LogP contribution in [0.5, 0.6) is 11.5 Å². The number of nitrogens with one attached hydrogen (secondary N) is 1. The first-order chi connectivity index (χ1) is 15.9. The lowest BCUT2D eigenvalue weighted by Gasteiger charge is -2.21. The van der Waals surface area contributed by atoms with Crippen molar-refractivity contribution in [3.05, 3.63) is 83.4 Å². The molecule has 33 heavy (non-hydrogen) atoms. The molecule has 3 rings (SSSR count). The number of aliphatic hydroxyl groups excluding tert-OH is 1. The number of aliphatic hydroxyl groups is 1. The van der Waals surface area contributed by atoms with Crippen LogP contribution < -0.4 is 10.1 Å². The van der Waals surface area contributed by atoms with Crippen LogP contribution in [0.4, 0.5) is 0 Å². The number of phenols is 1. The molecule has 4 N–H and O–H groups in total. The SMILES string of the molecule is CCCOc1cc(-c2ccc(CCN[C@@H](C)[C@H](O)c3ccc(O)cc3)cc2)ccc1C(=O)O. The highest BCUT2D eigenvalue weighted by molar-refractivity contribution is 5.92. The van der Waals surface area contributed by atoms with Crippen molar-refractivity contribution in [2.45, 2.75) is 38.8 Å². The molecule has 0 heterocycles. The minimum absolute atomic E-state index is 0.136. The van der Waals surface area contributed by atoms with Crippen LogP contribution in [-0.4, -0.2) is 40.5 Å². The van der Waals surface area contributed by atoms with Gasteiger partial charge >= 0.3 is 5.97 Å². The molecule has 2 atom stereocenters. The van der Waals surface area contributed by atoms with Crippen molar-refractivity contribution in [3.8, 4) is 22.6 Å². The van der Waals surface area contributed by atoms with E-state index >= 15 is 0 Å². The molecule has 3 aromatic carbocycles. The molecule has 0 aliphatic carbocycles. The average Bonchev–Trinajstić information content (AvgIpc) is 2.82. The third kappa shape index (κ3) is 6.57. The van der Waals surface area contributed by atoms with Crippen molar-refractivity contribution in [1.29, 1.82) is 0 Å². The number of hydrogen-bond donors (Lipinski definition) is 4. The number of ether oxygens (including phenoxy) is 1. The molecule has 0 fully saturated rings. The monoisotopic (exact) mass is 449 g/mol. The molecular weight excluding hydrogens is 418 g/mol. The predicted molar refractivity (Wildman–Crippen MR) is 129 cm³/mol. The summed E-state index contributed by atoms with van der Waals surface area (Å²) in [7, 11) is 0. The van der Waals surface area contributed by atoms with Crippen molar-refractivity contribution in [1.82, 2.24) is 5.32 Å². The van der Waals surface area contributed by atoms with Crippen LogP contribution in [0.1, 0.15) is 47.9 Å². The first kappa shape index (κ1) is 24.3. The van der Waals surface area contributed by atoms with Gasteiger partial charge in [-0.1, -0.05) is 49.4 Å². The van der Waals surface area contributed by atoms with E-state index in [9.17, 15) is 20.1 Å². The van der Waals surface area contributed by atoms with Crippen LogP contribution in [0.2, 0.25) is 0 Å². The van der Waals surface area contributed by atoms with Crippen LogP contribution in [0.15, 0.2) is 66.7 Å². The Kier molecular flexibility index (Phi) is 8.46. The zero-order valence-electron chi connectivity index (χ0n) is 19.0. The largest absolute Gasteiger partial charge is 0.508 e. The molecule has 6 nitrogen and oxygen atoms in total. The minimum Gasteiger partial charge on any atom is -0.508 e. The van der Waals surface area contributed by atoms with Crippen molar-refractivity contribution >= 4 is 5.97 Å². The maximum atomic E-state index is 11.5. The molecule has 0 spiro atoms. The summed E-state index contributed by atoms with van der Waals surface area (Å²) >= 11 is 0. The summed E-state index contributed by atoms with van der Waals surface area (Å²) in [6, 6.07) is 19.7. The number of carbonyl (C=O) groups is 1. The van der Waals surface area contributed by atoms with E-state index in [-0.39, 0.29) is 17.4 Å². The molecule has 6 heteroatoms. The summed E-state index contributed by atoms with van der Waals surface area (Å²) in [5.74, 6) is -0.436. The second kappa shape index (κ2) is 11.5. The lowest BCUT2D eigenvalue weighted by molar-refractivity contribution is 0.0692. The number of rotatable bonds is 11. The van der Waals surface area contributed by atoms with Crippen LogP contribution in [0.25, 0.3) is 11.1 Å². The Bertz CT molecular complexity index is 1050. The van der Waals surface area contributed by atoms with Gasteiger partial charge in [-0.15, -0.1) is 0 Å². The molecule has 0 aromatic heterocycles. The van der Waals surface area contributed by atoms with Crippen molar-refractivity contribution in [2.75, 3.05) is 13.2 Å². The molecule has 0 amide bonds. The van der Waals surface area contributed by atoms with Gasteiger partial charge in [0.15, 0.2) is 0 Å². The van der Waals surface area contributed by atoms with Crippen LogP contribution in [0, 0.1) is 0 Å². The van der Waals surface area contributed by atoms with E-state index < -0.39 is 12.1 Å². The maximum Gasteiger partial charge on any atom is 0.339 e. The minimum atomic E-state index is -1.000. The molecular formula is C27H31NO5. The standard InChI is InChI=1S/C27H31NO5/c1-3-16-33-25-17-22(10-13-24(25)27(31)32)20-6-4-19(5-7-20)14-15-28-18(2)26(30)21-8-11-23(29)12-9-21/h4-13,17-18,26,28-30H,3,14-16H2,1-2H3,(H,31,32)/t18-,26-/m0/s1. The molecule has 3 aromatic rings. The van der Waals surface area contributed by atoms with Gasteiger partial charge in [-0.05, 0) is 72.8 Å². The van der Waals surface area contributed by atoms with Crippen LogP contribution >= 0.6 is 0 Å². The van der Waals surface area contributed by atoms with Gasteiger partial charge in [0.2, 0.25) is 0 Å². The Hall–Kier alpha value is -3.35. The molecule has 174 valence electrons. The second-order valence-corrected chi connectivity index (χ2v) is 8.09. The quantitative estimate of drug-likeness (QED) is 0.336. The van der Waals surface area contributed by atoms with E-state index in [0.29, 0.717) is 18.9 Å². The zero-order chi connectivity index (χ0) is 23.8. The van der Waals surface area contributed by atoms with Crippen molar-refractivity contribution in [3.63, 3.8) is 0 Å². The van der Waals surface area contributed by atoms with Gasteiger partial charge in [0, 0.05) is 6.04 Å². The van der Waals surface area contributed by atoms with Gasteiger partial charge in [0.25, 0.3) is 0 Å². The Balaban J connectivity index is 1.59. The van der Waals surface area contributed by atoms with Crippen LogP contribution in [0.3, 0.4) is 0 Å². The van der Waals surface area contributed by atoms with Gasteiger partial charge in [-0.2, -0.15) is 0 Å². The smallest absolute Gasteiger partial charge is 0.339 e. The first-order valence-electron chi connectivity index (χ1n) is 11.2. The van der Waals surface area contributed by atoms with Gasteiger partial charge in [-0.3, -0.25) is 0 Å². The van der Waals surface area contributed by atoms with Gasteiger partial charge in [0.05, 0.1) is 12.7 Å². The highest BCUT2D eigenvalue weighted by atomic mass is 16.5. The summed E-state index contributed by atoms with van der Waals surface area (Å²) in [5.41, 5.74) is 3.97. The number of carboxylic acid groups (broad SMARTS) is 1. The number of hydrogen-bond acceptors (Lipinski definition) is 5. The third-order valence-corrected chi connectivity index (χ3v) is 5.55. The molecule has 0 saturated heterocycles. The van der Waals surface area contributed by atoms with Crippen LogP contribution in [-0.2, 0) is 6.42 Å². The number of aromatic carboxylic acids is 1. The second-order valence-electron chi connectivity index (χ2n) is 8.09. The highest BCUT2D eigenvalue weighted by Gasteiger charge is 2.16.